The largest absolute Gasteiger partial charge is 0.460 e. The van der Waals surface area contributed by atoms with Crippen LogP contribution in [0.25, 0.3) is 0 Å². The van der Waals surface area contributed by atoms with Crippen LogP contribution in [0, 0.1) is 0 Å². The minimum Gasteiger partial charge on any atom is -0.460 e. The molecule has 0 fully saturated rings. The third kappa shape index (κ3) is 5.90. The summed E-state index contributed by atoms with van der Waals surface area (Å²) in [6.45, 7) is -3.80. The summed E-state index contributed by atoms with van der Waals surface area (Å²) in [4.78, 5) is 11.6. The van der Waals surface area contributed by atoms with Gasteiger partial charge in [0.05, 0.1) is 0 Å². The molecular formula is C15H15ClNO4P. The SMILES string of the molecule is O=C(CN[P@@](=O)(Cl)Oc1ccccc1)OCc1ccccc1. The standard InChI is InChI=1S/C15H15ClNO4P/c16-22(19,21-14-9-5-2-6-10-14)17-11-15(18)20-12-13-7-3-1-4-8-13/h1-10H,11-12H2,(H,17,19)/t22-/m1/s1. The molecular weight excluding hydrogens is 325 g/mol. The Labute approximate surface area is 133 Å². The maximum Gasteiger partial charge on any atom is 0.409 e. The molecule has 0 amide bonds. The zero-order valence-electron chi connectivity index (χ0n) is 11.6. The molecule has 0 aromatic heterocycles. The third-order valence-electron chi connectivity index (χ3n) is 2.62. The fraction of sp³-hybridized carbons (Fsp3) is 0.133. The van der Waals surface area contributed by atoms with Gasteiger partial charge in [-0.1, -0.05) is 48.5 Å². The summed E-state index contributed by atoms with van der Waals surface area (Å²) in [6.07, 6.45) is 0. The van der Waals surface area contributed by atoms with Gasteiger partial charge in [0, 0.05) is 11.2 Å². The average molecular weight is 340 g/mol. The zero-order valence-corrected chi connectivity index (χ0v) is 13.3. The van der Waals surface area contributed by atoms with E-state index in [1.165, 1.54) is 0 Å². The van der Waals surface area contributed by atoms with Gasteiger partial charge in [-0.25, -0.2) is 9.65 Å². The number of nitrogens with one attached hydrogen (secondary N) is 1. The van der Waals surface area contributed by atoms with Crippen molar-refractivity contribution in [2.24, 2.45) is 0 Å². The molecule has 0 aliphatic carbocycles. The number of carbonyl (C=O) groups excluding carboxylic acids is 1. The summed E-state index contributed by atoms with van der Waals surface area (Å²) in [5.41, 5.74) is 0.866. The van der Waals surface area contributed by atoms with E-state index in [1.807, 2.05) is 30.3 Å². The highest BCUT2D eigenvalue weighted by Gasteiger charge is 2.22. The maximum atomic E-state index is 12.0. The fourth-order valence-electron chi connectivity index (χ4n) is 1.60. The van der Waals surface area contributed by atoms with Crippen molar-refractivity contribution in [3.05, 3.63) is 66.2 Å². The molecule has 0 unspecified atom stereocenters. The number of esters is 1. The van der Waals surface area contributed by atoms with Crippen molar-refractivity contribution in [2.45, 2.75) is 6.61 Å². The maximum absolute atomic E-state index is 12.0. The molecule has 0 bridgehead atoms. The van der Waals surface area contributed by atoms with Crippen molar-refractivity contribution in [1.29, 1.82) is 0 Å². The first-order valence-corrected chi connectivity index (χ1v) is 9.07. The number of carbonyl (C=O) groups is 1. The Balaban J connectivity index is 1.76. The van der Waals surface area contributed by atoms with Crippen LogP contribution in [0.1, 0.15) is 5.56 Å². The first-order valence-electron chi connectivity index (χ1n) is 6.54. The summed E-state index contributed by atoms with van der Waals surface area (Å²) >= 11 is 5.75. The van der Waals surface area contributed by atoms with Gasteiger partial charge >= 0.3 is 12.8 Å². The molecule has 2 aromatic carbocycles. The van der Waals surface area contributed by atoms with Gasteiger partial charge in [-0.2, -0.15) is 0 Å². The highest BCUT2D eigenvalue weighted by atomic mass is 35.7. The second-order valence-electron chi connectivity index (χ2n) is 4.37. The van der Waals surface area contributed by atoms with E-state index in [4.69, 9.17) is 20.5 Å². The minimum absolute atomic E-state index is 0.146. The molecule has 0 spiro atoms. The van der Waals surface area contributed by atoms with E-state index in [0.29, 0.717) is 5.75 Å². The van der Waals surface area contributed by atoms with Crippen LogP contribution >= 0.6 is 18.1 Å². The van der Waals surface area contributed by atoms with E-state index in [1.54, 1.807) is 30.3 Å². The quantitative estimate of drug-likeness (QED) is 0.615. The second kappa shape index (κ2) is 7.99. The predicted octanol–water partition coefficient (Wildman–Crippen LogP) is 3.75. The molecule has 0 radical (unpaired) electrons. The van der Waals surface area contributed by atoms with E-state index < -0.39 is 12.8 Å². The van der Waals surface area contributed by atoms with Gasteiger partial charge in [0.1, 0.15) is 18.9 Å². The van der Waals surface area contributed by atoms with E-state index in [2.05, 4.69) is 5.09 Å². The summed E-state index contributed by atoms with van der Waals surface area (Å²) in [6, 6.07) is 17.7. The van der Waals surface area contributed by atoms with Crippen molar-refractivity contribution in [2.75, 3.05) is 6.54 Å². The van der Waals surface area contributed by atoms with Crippen LogP contribution in [0.4, 0.5) is 0 Å². The summed E-state index contributed by atoms with van der Waals surface area (Å²) in [7, 11) is 0. The summed E-state index contributed by atoms with van der Waals surface area (Å²) in [5.74, 6) is -0.215. The van der Waals surface area contributed by atoms with Gasteiger partial charge in [-0.15, -0.1) is 0 Å². The van der Waals surface area contributed by atoms with Gasteiger partial charge < -0.3 is 9.26 Å². The third-order valence-corrected chi connectivity index (χ3v) is 4.17. The number of rotatable bonds is 7. The normalized spacial score (nSPS) is 13.1. The molecule has 22 heavy (non-hydrogen) atoms. The Morgan fingerprint density at radius 3 is 2.27 bits per heavy atom. The smallest absolute Gasteiger partial charge is 0.409 e. The summed E-state index contributed by atoms with van der Waals surface area (Å²) < 4.78 is 22.1. The van der Waals surface area contributed by atoms with Crippen molar-refractivity contribution >= 4 is 24.1 Å². The Kier molecular flexibility index (Phi) is 6.01. The Bertz CT molecular complexity index is 651. The zero-order chi connectivity index (χ0) is 15.8. The number of hydrogen-bond acceptors (Lipinski definition) is 4. The lowest BCUT2D eigenvalue weighted by molar-refractivity contribution is -0.143. The molecule has 0 saturated carbocycles. The predicted molar refractivity (Wildman–Crippen MR) is 84.8 cm³/mol. The second-order valence-corrected chi connectivity index (χ2v) is 7.16. The van der Waals surface area contributed by atoms with Crippen LogP contribution in [-0.2, 0) is 20.7 Å². The van der Waals surface area contributed by atoms with Gasteiger partial charge in [0.2, 0.25) is 0 Å². The first-order chi connectivity index (χ1) is 10.6. The number of para-hydroxylation sites is 1. The van der Waals surface area contributed by atoms with Crippen LogP contribution < -0.4 is 9.61 Å². The molecule has 2 rings (SSSR count). The molecule has 0 aliphatic heterocycles. The highest BCUT2D eigenvalue weighted by molar-refractivity contribution is 7.84. The van der Waals surface area contributed by atoms with Gasteiger partial charge in [-0.3, -0.25) is 4.79 Å². The average Bonchev–Trinajstić information content (AvgIpc) is 2.53. The highest BCUT2D eigenvalue weighted by Crippen LogP contribution is 2.47. The lowest BCUT2D eigenvalue weighted by atomic mass is 10.2. The van der Waals surface area contributed by atoms with Gasteiger partial charge in [0.15, 0.2) is 0 Å². The van der Waals surface area contributed by atoms with Crippen molar-refractivity contribution in [1.82, 2.24) is 5.09 Å². The van der Waals surface area contributed by atoms with Gasteiger partial charge in [-0.05, 0) is 17.7 Å². The van der Waals surface area contributed by atoms with Crippen LogP contribution in [0.2, 0.25) is 0 Å². The Morgan fingerprint density at radius 2 is 1.64 bits per heavy atom. The lowest BCUT2D eigenvalue weighted by Gasteiger charge is -2.13. The molecule has 116 valence electrons. The molecule has 7 heteroatoms. The number of hydrogen-bond donors (Lipinski definition) is 1. The molecule has 1 atom stereocenters. The molecule has 0 saturated heterocycles. The molecule has 0 aliphatic rings. The van der Waals surface area contributed by atoms with Crippen molar-refractivity contribution < 1.29 is 18.6 Å². The van der Waals surface area contributed by atoms with E-state index in [-0.39, 0.29) is 13.2 Å². The topological polar surface area (TPSA) is 64.6 Å². The van der Waals surface area contributed by atoms with Crippen molar-refractivity contribution in [3.63, 3.8) is 0 Å². The van der Waals surface area contributed by atoms with Crippen LogP contribution in [0.5, 0.6) is 5.75 Å². The lowest BCUT2D eigenvalue weighted by Crippen LogP contribution is -2.22. The van der Waals surface area contributed by atoms with Crippen molar-refractivity contribution in [3.8, 4) is 5.75 Å². The van der Waals surface area contributed by atoms with E-state index >= 15 is 0 Å². The van der Waals surface area contributed by atoms with E-state index in [9.17, 15) is 9.36 Å². The molecule has 2 aromatic rings. The Morgan fingerprint density at radius 1 is 1.05 bits per heavy atom. The Hall–Kier alpha value is -1.81. The number of benzene rings is 2. The minimum atomic E-state index is -3.64. The first kappa shape index (κ1) is 16.6. The van der Waals surface area contributed by atoms with E-state index in [0.717, 1.165) is 5.56 Å². The van der Waals surface area contributed by atoms with Crippen LogP contribution in [0.15, 0.2) is 60.7 Å². The number of halogens is 1. The molecule has 1 N–H and O–H groups in total. The molecule has 5 nitrogen and oxygen atoms in total. The van der Waals surface area contributed by atoms with Gasteiger partial charge in [0.25, 0.3) is 0 Å². The molecule has 0 heterocycles. The fourth-order valence-corrected chi connectivity index (χ4v) is 2.79. The summed E-state index contributed by atoms with van der Waals surface area (Å²) in [5, 5.41) is 2.37. The monoisotopic (exact) mass is 339 g/mol. The van der Waals surface area contributed by atoms with Crippen LogP contribution in [-0.4, -0.2) is 12.5 Å². The van der Waals surface area contributed by atoms with Crippen LogP contribution in [0.3, 0.4) is 0 Å². The number of ether oxygens (including phenoxy) is 1.